The Morgan fingerprint density at radius 2 is 1.86 bits per heavy atom. The van der Waals surface area contributed by atoms with Gasteiger partial charge in [0.2, 0.25) is 10.0 Å². The molecule has 116 valence electrons. The molecule has 0 aromatic heterocycles. The van der Waals surface area contributed by atoms with Gasteiger partial charge in [-0.2, -0.15) is 0 Å². The molecule has 0 amide bonds. The van der Waals surface area contributed by atoms with Gasteiger partial charge < -0.3 is 10.2 Å². The first-order valence-electron chi connectivity index (χ1n) is 7.46. The fourth-order valence-electron chi connectivity index (χ4n) is 3.68. The van der Waals surface area contributed by atoms with Gasteiger partial charge in [0.05, 0.1) is 4.90 Å². The number of piperidine rings is 1. The molecule has 2 bridgehead atoms. The van der Waals surface area contributed by atoms with E-state index < -0.39 is 10.0 Å². The van der Waals surface area contributed by atoms with E-state index in [1.54, 1.807) is 12.1 Å². The molecule has 2 aliphatic rings. The maximum Gasteiger partial charge on any atom is 0.238 e. The summed E-state index contributed by atoms with van der Waals surface area (Å²) < 4.78 is 23.0. The first-order chi connectivity index (χ1) is 9.84. The van der Waals surface area contributed by atoms with Crippen LogP contribution in [0.2, 0.25) is 0 Å². The van der Waals surface area contributed by atoms with Crippen LogP contribution in [0.3, 0.4) is 0 Å². The van der Waals surface area contributed by atoms with Crippen LogP contribution in [-0.2, 0) is 10.0 Å². The number of rotatable bonds is 3. The fourth-order valence-corrected chi connectivity index (χ4v) is 4.22. The number of fused-ring (bicyclic) bond motifs is 2. The second-order valence-corrected chi connectivity index (χ2v) is 7.95. The zero-order valence-corrected chi connectivity index (χ0v) is 13.4. The van der Waals surface area contributed by atoms with E-state index in [0.29, 0.717) is 18.1 Å². The number of nitrogens with two attached hydrogens (primary N) is 1. The molecule has 0 aliphatic carbocycles. The standard InChI is InChI=1S/C15H23N3O2S/c1-10-3-6-14(21(16,19)20)9-15(10)17-11-7-12-4-5-13(8-11)18(12)2/h3,6,9,11-13,17H,4-5,7-8H2,1-2H3,(H2,16,19,20). The van der Waals surface area contributed by atoms with Gasteiger partial charge in [-0.15, -0.1) is 0 Å². The molecule has 3 rings (SSSR count). The highest BCUT2D eigenvalue weighted by Crippen LogP contribution is 2.35. The maximum absolute atomic E-state index is 11.5. The molecule has 1 aromatic carbocycles. The first kappa shape index (κ1) is 14.8. The smallest absolute Gasteiger partial charge is 0.238 e. The van der Waals surface area contributed by atoms with Crippen LogP contribution >= 0.6 is 0 Å². The first-order valence-corrected chi connectivity index (χ1v) is 9.01. The molecule has 3 N–H and O–H groups in total. The predicted octanol–water partition coefficient (Wildman–Crippen LogP) is 1.68. The summed E-state index contributed by atoms with van der Waals surface area (Å²) in [5.74, 6) is 0. The molecule has 2 saturated heterocycles. The zero-order valence-electron chi connectivity index (χ0n) is 12.5. The topological polar surface area (TPSA) is 75.4 Å². The SMILES string of the molecule is Cc1ccc(S(N)(=O)=O)cc1NC1CC2CCC(C1)N2C. The van der Waals surface area contributed by atoms with E-state index in [0.717, 1.165) is 24.1 Å². The average Bonchev–Trinajstić information content (AvgIpc) is 2.62. The molecule has 2 unspecified atom stereocenters. The Balaban J connectivity index is 1.79. The van der Waals surface area contributed by atoms with Gasteiger partial charge >= 0.3 is 0 Å². The van der Waals surface area contributed by atoms with E-state index in [1.807, 2.05) is 13.0 Å². The molecular formula is C15H23N3O2S. The van der Waals surface area contributed by atoms with Gasteiger partial charge in [0.1, 0.15) is 0 Å². The van der Waals surface area contributed by atoms with Crippen LogP contribution in [-0.4, -0.2) is 38.5 Å². The lowest BCUT2D eigenvalue weighted by Crippen LogP contribution is -2.44. The van der Waals surface area contributed by atoms with E-state index in [2.05, 4.69) is 17.3 Å². The highest BCUT2D eigenvalue weighted by Gasteiger charge is 2.38. The van der Waals surface area contributed by atoms with Crippen molar-refractivity contribution in [1.82, 2.24) is 4.90 Å². The normalized spacial score (nSPS) is 29.6. The minimum Gasteiger partial charge on any atom is -0.382 e. The molecule has 2 heterocycles. The van der Waals surface area contributed by atoms with E-state index >= 15 is 0 Å². The summed E-state index contributed by atoms with van der Waals surface area (Å²) in [5, 5.41) is 8.76. The summed E-state index contributed by atoms with van der Waals surface area (Å²) in [4.78, 5) is 2.66. The average molecular weight is 309 g/mol. The molecule has 0 saturated carbocycles. The second-order valence-electron chi connectivity index (χ2n) is 6.38. The Hall–Kier alpha value is -1.11. The van der Waals surface area contributed by atoms with Gasteiger partial charge in [0.25, 0.3) is 0 Å². The van der Waals surface area contributed by atoms with Crippen LogP contribution in [0, 0.1) is 6.92 Å². The Morgan fingerprint density at radius 1 is 1.24 bits per heavy atom. The Bertz CT molecular complexity index is 630. The molecule has 2 atom stereocenters. The Morgan fingerprint density at radius 3 is 2.43 bits per heavy atom. The van der Waals surface area contributed by atoms with E-state index in [9.17, 15) is 8.42 Å². The van der Waals surface area contributed by atoms with Crippen molar-refractivity contribution in [2.75, 3.05) is 12.4 Å². The number of benzene rings is 1. The van der Waals surface area contributed by atoms with Crippen LogP contribution in [0.25, 0.3) is 0 Å². The van der Waals surface area contributed by atoms with Crippen molar-refractivity contribution >= 4 is 15.7 Å². The van der Waals surface area contributed by atoms with Crippen LogP contribution in [0.15, 0.2) is 23.1 Å². The van der Waals surface area contributed by atoms with Crippen molar-refractivity contribution in [3.8, 4) is 0 Å². The van der Waals surface area contributed by atoms with Gasteiger partial charge in [-0.1, -0.05) is 6.07 Å². The van der Waals surface area contributed by atoms with Gasteiger partial charge in [0, 0.05) is 23.8 Å². The monoisotopic (exact) mass is 309 g/mol. The van der Waals surface area contributed by atoms with Crippen LogP contribution in [0.5, 0.6) is 0 Å². The summed E-state index contributed by atoms with van der Waals surface area (Å²) in [6, 6.07) is 6.75. The van der Waals surface area contributed by atoms with Gasteiger partial charge in [-0.25, -0.2) is 13.6 Å². The van der Waals surface area contributed by atoms with E-state index in [1.165, 1.54) is 12.8 Å². The quantitative estimate of drug-likeness (QED) is 0.891. The summed E-state index contributed by atoms with van der Waals surface area (Å²) in [7, 11) is -1.44. The van der Waals surface area contributed by atoms with Crippen molar-refractivity contribution < 1.29 is 8.42 Å². The molecule has 0 radical (unpaired) electrons. The summed E-state index contributed by atoms with van der Waals surface area (Å²) in [6.45, 7) is 1.98. The van der Waals surface area contributed by atoms with Gasteiger partial charge in [-0.3, -0.25) is 0 Å². The third-order valence-corrected chi connectivity index (χ3v) is 5.91. The van der Waals surface area contributed by atoms with E-state index in [4.69, 9.17) is 5.14 Å². The Kier molecular flexibility index (Phi) is 3.71. The van der Waals surface area contributed by atoms with Gasteiger partial charge in [-0.05, 0) is 57.4 Å². The lowest BCUT2D eigenvalue weighted by molar-refractivity contribution is 0.169. The number of hydrogen-bond donors (Lipinski definition) is 2. The van der Waals surface area contributed by atoms with Crippen molar-refractivity contribution in [2.24, 2.45) is 5.14 Å². The molecule has 6 heteroatoms. The highest BCUT2D eigenvalue weighted by atomic mass is 32.2. The largest absolute Gasteiger partial charge is 0.382 e. The van der Waals surface area contributed by atoms with Crippen LogP contribution in [0.4, 0.5) is 5.69 Å². The number of nitrogens with zero attached hydrogens (tertiary/aromatic N) is 1. The highest BCUT2D eigenvalue weighted by molar-refractivity contribution is 7.89. The summed E-state index contributed by atoms with van der Waals surface area (Å²) in [6.07, 6.45) is 4.78. The second kappa shape index (κ2) is 5.26. The minimum atomic E-state index is -3.65. The third kappa shape index (κ3) is 2.93. The molecule has 5 nitrogen and oxygen atoms in total. The molecule has 2 aliphatic heterocycles. The fraction of sp³-hybridized carbons (Fsp3) is 0.600. The van der Waals surface area contributed by atoms with Crippen molar-refractivity contribution in [2.45, 2.75) is 55.6 Å². The number of aryl methyl sites for hydroxylation is 1. The summed E-state index contributed by atoms with van der Waals surface area (Å²) in [5.41, 5.74) is 1.93. The lowest BCUT2D eigenvalue weighted by Gasteiger charge is -2.37. The van der Waals surface area contributed by atoms with E-state index in [-0.39, 0.29) is 4.90 Å². The molecule has 1 aromatic rings. The number of sulfonamides is 1. The number of nitrogens with one attached hydrogen (secondary N) is 1. The van der Waals surface area contributed by atoms with Crippen molar-refractivity contribution in [3.63, 3.8) is 0 Å². The zero-order chi connectivity index (χ0) is 15.2. The third-order valence-electron chi connectivity index (χ3n) is 5.00. The number of hydrogen-bond acceptors (Lipinski definition) is 4. The molecule has 0 spiro atoms. The molecular weight excluding hydrogens is 286 g/mol. The minimum absolute atomic E-state index is 0.173. The predicted molar refractivity (Wildman–Crippen MR) is 83.8 cm³/mol. The van der Waals surface area contributed by atoms with Crippen molar-refractivity contribution in [1.29, 1.82) is 0 Å². The lowest BCUT2D eigenvalue weighted by atomic mass is 9.97. The molecule has 2 fully saturated rings. The number of anilines is 1. The van der Waals surface area contributed by atoms with Crippen LogP contribution in [0.1, 0.15) is 31.2 Å². The Labute approximate surface area is 126 Å². The maximum atomic E-state index is 11.5. The molecule has 21 heavy (non-hydrogen) atoms. The van der Waals surface area contributed by atoms with Crippen molar-refractivity contribution in [3.05, 3.63) is 23.8 Å². The summed E-state index contributed by atoms with van der Waals surface area (Å²) >= 11 is 0. The number of primary sulfonamides is 1. The van der Waals surface area contributed by atoms with Gasteiger partial charge in [0.15, 0.2) is 0 Å². The van der Waals surface area contributed by atoms with Crippen LogP contribution < -0.4 is 10.5 Å².